The van der Waals surface area contributed by atoms with Crippen LogP contribution < -0.4 is 16.0 Å². The van der Waals surface area contributed by atoms with Gasteiger partial charge < -0.3 is 60.6 Å². The maximum atomic E-state index is 13.4. The lowest BCUT2D eigenvalue weighted by Gasteiger charge is -2.29. The number of imidazole rings is 1. The number of aromatic nitrogens is 5. The lowest BCUT2D eigenvalue weighted by atomic mass is 10.1. The monoisotopic (exact) mass is 705 g/mol. The van der Waals surface area contributed by atoms with Gasteiger partial charge in [0.2, 0.25) is 5.95 Å². The zero-order chi connectivity index (χ0) is 34.4. The Morgan fingerprint density at radius 2 is 1.87 bits per heavy atom. The summed E-state index contributed by atoms with van der Waals surface area (Å²) in [5.74, 6) is -4.09. The van der Waals surface area contributed by atoms with Crippen molar-refractivity contribution in [1.29, 1.82) is 0 Å². The van der Waals surface area contributed by atoms with E-state index in [4.69, 9.17) is 31.0 Å². The molecular formula is C21H27N10O14P2+. The molecule has 0 aromatic carbocycles. The molecular weight excluding hydrogens is 678 g/mol. The lowest BCUT2D eigenvalue weighted by Crippen LogP contribution is -2.46. The average Bonchev–Trinajstić information content (AvgIpc) is 3.64. The predicted octanol–water partition coefficient (Wildman–Crippen LogP) is -2.69. The van der Waals surface area contributed by atoms with E-state index in [1.807, 2.05) is 0 Å². The van der Waals surface area contributed by atoms with Crippen molar-refractivity contribution in [3.63, 3.8) is 0 Å². The summed E-state index contributed by atoms with van der Waals surface area (Å²) >= 11 is 0. The minimum Gasteiger partial charge on any atom is -0.387 e. The SMILES string of the molecule is [N-]=[N+]=Nc1nc(N)c2ncn(C3OC(COP(=O)(O)C(OP(=O)(O)O)C4OC([n+]5cccc(C(N)=O)c5)C(O)C4O)C(O)C3O)c2n1. The number of primary amides is 1. The smallest absolute Gasteiger partial charge is 0.387 e. The molecule has 3 aromatic rings. The van der Waals surface area contributed by atoms with E-state index in [1.165, 1.54) is 18.3 Å². The first-order chi connectivity index (χ1) is 22.0. The highest BCUT2D eigenvalue weighted by atomic mass is 31.2. The first-order valence-corrected chi connectivity index (χ1v) is 16.3. The second-order valence-corrected chi connectivity index (χ2v) is 13.3. The van der Waals surface area contributed by atoms with Crippen LogP contribution >= 0.6 is 15.4 Å². The molecule has 0 radical (unpaired) electrons. The van der Waals surface area contributed by atoms with Gasteiger partial charge in [0.25, 0.3) is 12.1 Å². The molecule has 2 aliphatic rings. The van der Waals surface area contributed by atoms with Gasteiger partial charge in [-0.15, -0.1) is 0 Å². The van der Waals surface area contributed by atoms with E-state index in [-0.39, 0.29) is 22.5 Å². The number of hydrogen-bond donors (Lipinski definition) is 9. The number of hydrogen-bond acceptors (Lipinski definition) is 16. The number of nitrogens with zero attached hydrogens (tertiary/aromatic N) is 8. The Kier molecular flexibility index (Phi) is 9.63. The molecule has 2 aliphatic heterocycles. The maximum absolute atomic E-state index is 13.4. The highest BCUT2D eigenvalue weighted by Gasteiger charge is 2.58. The van der Waals surface area contributed by atoms with Gasteiger partial charge in [-0.25, -0.2) is 19.5 Å². The molecule has 10 unspecified atom stereocenters. The Balaban J connectivity index is 1.36. The van der Waals surface area contributed by atoms with Crippen molar-refractivity contribution < 1.29 is 72.1 Å². The number of carbonyl (C=O) groups excluding carboxylic acids is 1. The highest BCUT2D eigenvalue weighted by Crippen LogP contribution is 2.57. The van der Waals surface area contributed by atoms with Crippen LogP contribution in [0.5, 0.6) is 0 Å². The molecule has 5 rings (SSSR count). The third-order valence-corrected chi connectivity index (χ3v) is 9.36. The maximum Gasteiger partial charge on any atom is 0.470 e. The Hall–Kier alpha value is -3.70. The predicted molar refractivity (Wildman–Crippen MR) is 148 cm³/mol. The van der Waals surface area contributed by atoms with E-state index in [0.717, 1.165) is 21.7 Å². The van der Waals surface area contributed by atoms with E-state index < -0.39 is 88.8 Å². The molecule has 0 bridgehead atoms. The number of carbonyl (C=O) groups is 1. The summed E-state index contributed by atoms with van der Waals surface area (Å²) in [6.07, 6.45) is -10.8. The second-order valence-electron chi connectivity index (χ2n) is 10.2. The number of phosphoric acid groups is 1. The van der Waals surface area contributed by atoms with Crippen molar-refractivity contribution in [2.45, 2.75) is 54.9 Å². The van der Waals surface area contributed by atoms with Crippen LogP contribution in [0.25, 0.3) is 21.6 Å². The number of azide groups is 1. The molecule has 11 N–H and O–H groups in total. The van der Waals surface area contributed by atoms with Gasteiger partial charge in [-0.3, -0.25) is 18.5 Å². The first kappa shape index (κ1) is 34.6. The zero-order valence-electron chi connectivity index (χ0n) is 23.4. The molecule has 2 saturated heterocycles. The van der Waals surface area contributed by atoms with Crippen molar-refractivity contribution in [3.05, 3.63) is 46.9 Å². The Labute approximate surface area is 261 Å². The summed E-state index contributed by atoms with van der Waals surface area (Å²) in [6.45, 7) is -1.01. The number of nitrogen functional groups attached to an aromatic ring is 1. The molecule has 26 heteroatoms. The van der Waals surface area contributed by atoms with Crippen LogP contribution in [0.3, 0.4) is 0 Å². The number of pyridine rings is 1. The van der Waals surface area contributed by atoms with Crippen LogP contribution in [-0.4, -0.2) is 110 Å². The Morgan fingerprint density at radius 1 is 1.15 bits per heavy atom. The third kappa shape index (κ3) is 6.97. The van der Waals surface area contributed by atoms with Crippen LogP contribution in [-0.2, 0) is 27.7 Å². The average molecular weight is 705 g/mol. The van der Waals surface area contributed by atoms with Crippen molar-refractivity contribution in [2.24, 2.45) is 10.8 Å². The number of aliphatic hydroxyl groups excluding tert-OH is 4. The fourth-order valence-electron chi connectivity index (χ4n) is 4.96. The van der Waals surface area contributed by atoms with Crippen LogP contribution in [0.4, 0.5) is 11.8 Å². The van der Waals surface area contributed by atoms with Gasteiger partial charge in [0, 0.05) is 11.0 Å². The standard InChI is InChI=1S/C21H26N10O14P2/c22-15-9-17(27-21(26-15)28-29-24)31(6-25-9)19-12(34)10(32)8(43-19)5-42-46(37,38)20(45-47(39,40)41)14-11(33)13(35)18(44-14)30-3-1-2-7(4-30)16(23)36/h1-4,6,8,10-14,18-20,32-35H,5H2,(H6-,22,23,26,27,36,37,38,39,40,41)/p+1. The number of phosphoric ester groups is 1. The summed E-state index contributed by atoms with van der Waals surface area (Å²) in [6, 6.07) is 2.66. The quantitative estimate of drug-likeness (QED) is 0.0322. The molecule has 0 aliphatic carbocycles. The minimum absolute atomic E-state index is 0.0132. The number of nitrogens with two attached hydrogens (primary N) is 2. The van der Waals surface area contributed by atoms with Crippen molar-refractivity contribution in [2.75, 3.05) is 12.3 Å². The number of rotatable bonds is 11. The summed E-state index contributed by atoms with van der Waals surface area (Å²) in [5, 5.41) is 46.0. The van der Waals surface area contributed by atoms with Crippen molar-refractivity contribution in [3.8, 4) is 0 Å². The van der Waals surface area contributed by atoms with Gasteiger partial charge in [-0.1, -0.05) is 0 Å². The molecule has 24 nitrogen and oxygen atoms in total. The first-order valence-electron chi connectivity index (χ1n) is 13.1. The molecule has 5 heterocycles. The molecule has 1 amide bonds. The fraction of sp³-hybridized carbons (Fsp3) is 0.476. The van der Waals surface area contributed by atoms with Crippen LogP contribution in [0.15, 0.2) is 36.0 Å². The zero-order valence-corrected chi connectivity index (χ0v) is 25.2. The van der Waals surface area contributed by atoms with Gasteiger partial charge >= 0.3 is 15.4 Å². The number of anilines is 1. The normalized spacial score (nSPS) is 29.8. The van der Waals surface area contributed by atoms with Gasteiger partial charge in [-0.05, 0) is 16.7 Å². The molecule has 3 aromatic heterocycles. The van der Waals surface area contributed by atoms with E-state index >= 15 is 0 Å². The number of amides is 1. The number of fused-ring (bicyclic) bond motifs is 1. The molecule has 0 saturated carbocycles. The lowest BCUT2D eigenvalue weighted by molar-refractivity contribution is -0.766. The second kappa shape index (κ2) is 13.1. The molecule has 2 fully saturated rings. The third-order valence-electron chi connectivity index (χ3n) is 7.13. The largest absolute Gasteiger partial charge is 0.470 e. The van der Waals surface area contributed by atoms with Gasteiger partial charge in [-0.2, -0.15) is 4.57 Å². The van der Waals surface area contributed by atoms with Crippen molar-refractivity contribution >= 4 is 44.3 Å². The summed E-state index contributed by atoms with van der Waals surface area (Å²) < 4.78 is 48.1. The van der Waals surface area contributed by atoms with E-state index in [9.17, 15) is 49.0 Å². The number of aliphatic hydroxyl groups is 4. The summed E-state index contributed by atoms with van der Waals surface area (Å²) in [5.41, 5.74) is 19.7. The van der Waals surface area contributed by atoms with Crippen molar-refractivity contribution in [1.82, 2.24) is 19.5 Å². The topological polar surface area (TPSA) is 378 Å². The van der Waals surface area contributed by atoms with Gasteiger partial charge in [0.1, 0.15) is 41.6 Å². The Morgan fingerprint density at radius 3 is 2.53 bits per heavy atom. The Bertz CT molecular complexity index is 1820. The van der Waals surface area contributed by atoms with E-state index in [2.05, 4.69) is 29.5 Å². The minimum atomic E-state index is -5.62. The van der Waals surface area contributed by atoms with Crippen LogP contribution in [0, 0.1) is 0 Å². The van der Waals surface area contributed by atoms with Gasteiger partial charge in [0.15, 0.2) is 42.0 Å². The molecule has 47 heavy (non-hydrogen) atoms. The summed E-state index contributed by atoms with van der Waals surface area (Å²) in [7, 11) is -11.1. The van der Waals surface area contributed by atoms with E-state index in [0.29, 0.717) is 0 Å². The fourth-order valence-corrected chi connectivity index (χ4v) is 7.33. The molecule has 10 atom stereocenters. The number of ether oxygens (including phenoxy) is 2. The molecule has 254 valence electrons. The van der Waals surface area contributed by atoms with Crippen LogP contribution in [0.1, 0.15) is 22.8 Å². The molecule has 0 spiro atoms. The highest BCUT2D eigenvalue weighted by molar-refractivity contribution is 7.54. The van der Waals surface area contributed by atoms with E-state index in [1.54, 1.807) is 0 Å². The summed E-state index contributed by atoms with van der Waals surface area (Å²) in [4.78, 5) is 55.7. The van der Waals surface area contributed by atoms with Crippen LogP contribution in [0.2, 0.25) is 0 Å². The van der Waals surface area contributed by atoms with Gasteiger partial charge in [0.05, 0.1) is 12.9 Å².